The number of ether oxygens (including phenoxy) is 2. The summed E-state index contributed by atoms with van der Waals surface area (Å²) in [5, 5.41) is 12.4. The fourth-order valence-electron chi connectivity index (χ4n) is 3.30. The van der Waals surface area contributed by atoms with Gasteiger partial charge in [0, 0.05) is 11.3 Å². The molecule has 0 aliphatic carbocycles. The lowest BCUT2D eigenvalue weighted by atomic mass is 10.1. The van der Waals surface area contributed by atoms with Crippen molar-refractivity contribution in [2.45, 2.75) is 27.4 Å². The molecule has 0 saturated carbocycles. The van der Waals surface area contributed by atoms with Gasteiger partial charge in [-0.05, 0) is 78.2 Å². The van der Waals surface area contributed by atoms with E-state index in [1.54, 1.807) is 30.3 Å². The molecule has 0 atom stereocenters. The second-order valence-corrected chi connectivity index (χ2v) is 8.44. The topological polar surface area (TPSA) is 71.3 Å². The van der Waals surface area contributed by atoms with Crippen molar-refractivity contribution in [1.82, 2.24) is 0 Å². The molecule has 0 radical (unpaired) electrons. The van der Waals surface area contributed by atoms with Crippen molar-refractivity contribution in [2.75, 3.05) is 11.9 Å². The molecule has 7 heteroatoms. The Kier molecular flexibility index (Phi) is 8.44. The third kappa shape index (κ3) is 6.24. The zero-order valence-electron chi connectivity index (χ0n) is 19.1. The summed E-state index contributed by atoms with van der Waals surface area (Å²) < 4.78 is 26.1. The highest BCUT2D eigenvalue weighted by molar-refractivity contribution is 9.10. The average molecular weight is 523 g/mol. The Morgan fingerprint density at radius 3 is 2.59 bits per heavy atom. The summed E-state index contributed by atoms with van der Waals surface area (Å²) in [5.41, 5.74) is 3.55. The molecule has 3 aromatic rings. The highest BCUT2D eigenvalue weighted by Gasteiger charge is 2.16. The maximum atomic E-state index is 14.0. The number of carbonyl (C=O) groups is 1. The van der Waals surface area contributed by atoms with E-state index in [2.05, 4.69) is 21.2 Å². The van der Waals surface area contributed by atoms with E-state index >= 15 is 0 Å². The van der Waals surface area contributed by atoms with Crippen LogP contribution in [0.3, 0.4) is 0 Å². The van der Waals surface area contributed by atoms with Gasteiger partial charge < -0.3 is 14.8 Å². The number of rotatable bonds is 8. The fourth-order valence-corrected chi connectivity index (χ4v) is 3.87. The Bertz CT molecular complexity index is 1280. The van der Waals surface area contributed by atoms with E-state index in [1.807, 2.05) is 45.0 Å². The average Bonchev–Trinajstić information content (AvgIpc) is 2.80. The molecule has 0 fully saturated rings. The van der Waals surface area contributed by atoms with Gasteiger partial charge in [-0.15, -0.1) is 0 Å². The van der Waals surface area contributed by atoms with Gasteiger partial charge in [-0.25, -0.2) is 4.39 Å². The first-order chi connectivity index (χ1) is 16.3. The highest BCUT2D eigenvalue weighted by Crippen LogP contribution is 2.38. The van der Waals surface area contributed by atoms with Crippen molar-refractivity contribution in [3.63, 3.8) is 0 Å². The molecule has 1 amide bonds. The largest absolute Gasteiger partial charge is 0.490 e. The molecule has 0 heterocycles. The first-order valence-electron chi connectivity index (χ1n) is 10.6. The Morgan fingerprint density at radius 1 is 1.15 bits per heavy atom. The molecule has 174 valence electrons. The van der Waals surface area contributed by atoms with E-state index in [9.17, 15) is 14.4 Å². The van der Waals surface area contributed by atoms with Crippen LogP contribution in [0.5, 0.6) is 11.5 Å². The van der Waals surface area contributed by atoms with E-state index < -0.39 is 5.91 Å². The summed E-state index contributed by atoms with van der Waals surface area (Å²) in [6, 6.07) is 17.4. The van der Waals surface area contributed by atoms with Gasteiger partial charge in [-0.1, -0.05) is 35.9 Å². The number of hydrogen-bond donors (Lipinski definition) is 1. The van der Waals surface area contributed by atoms with E-state index in [-0.39, 0.29) is 18.0 Å². The molecule has 0 spiro atoms. The summed E-state index contributed by atoms with van der Waals surface area (Å²) in [6.45, 7) is 6.08. The third-order valence-corrected chi connectivity index (χ3v) is 5.56. The van der Waals surface area contributed by atoms with E-state index in [0.717, 1.165) is 11.1 Å². The number of nitrogens with zero attached hydrogens (tertiary/aromatic N) is 1. The van der Waals surface area contributed by atoms with Crippen LogP contribution in [0.25, 0.3) is 6.08 Å². The molecule has 0 bridgehead atoms. The normalized spacial score (nSPS) is 11.0. The summed E-state index contributed by atoms with van der Waals surface area (Å²) in [7, 11) is 0. The minimum absolute atomic E-state index is 0.0162. The SMILES string of the molecule is CCOc1cc(/C=C(\C#N)C(=O)Nc2ccc(C)cc2C)cc(Br)c1OCc1ccccc1F. The number of anilines is 1. The molecule has 0 unspecified atom stereocenters. The van der Waals surface area contributed by atoms with Crippen LogP contribution >= 0.6 is 15.9 Å². The molecular weight excluding hydrogens is 499 g/mol. The first-order valence-corrected chi connectivity index (χ1v) is 11.4. The van der Waals surface area contributed by atoms with Crippen molar-refractivity contribution in [2.24, 2.45) is 0 Å². The molecule has 0 aliphatic heterocycles. The van der Waals surface area contributed by atoms with Crippen LogP contribution in [0.4, 0.5) is 10.1 Å². The van der Waals surface area contributed by atoms with Gasteiger partial charge in [0.2, 0.25) is 0 Å². The quantitative estimate of drug-likeness (QED) is 0.263. The maximum Gasteiger partial charge on any atom is 0.266 e. The minimum atomic E-state index is -0.511. The number of benzene rings is 3. The predicted molar refractivity (Wildman–Crippen MR) is 134 cm³/mol. The highest BCUT2D eigenvalue weighted by atomic mass is 79.9. The van der Waals surface area contributed by atoms with Gasteiger partial charge in [-0.2, -0.15) is 5.26 Å². The van der Waals surface area contributed by atoms with Crippen LogP contribution in [0.2, 0.25) is 0 Å². The van der Waals surface area contributed by atoms with Crippen LogP contribution in [-0.2, 0) is 11.4 Å². The minimum Gasteiger partial charge on any atom is -0.490 e. The van der Waals surface area contributed by atoms with Crippen LogP contribution in [0.1, 0.15) is 29.2 Å². The second kappa shape index (κ2) is 11.5. The maximum absolute atomic E-state index is 14.0. The number of hydrogen-bond acceptors (Lipinski definition) is 4. The molecule has 1 N–H and O–H groups in total. The number of nitriles is 1. The number of nitrogens with one attached hydrogen (secondary N) is 1. The Hall–Kier alpha value is -3.63. The van der Waals surface area contributed by atoms with Crippen LogP contribution in [0, 0.1) is 31.0 Å². The summed E-state index contributed by atoms with van der Waals surface area (Å²) >= 11 is 3.47. The molecule has 5 nitrogen and oxygen atoms in total. The zero-order valence-corrected chi connectivity index (χ0v) is 20.7. The summed E-state index contributed by atoms with van der Waals surface area (Å²) in [5.74, 6) is -0.0555. The molecule has 3 rings (SSSR count). The van der Waals surface area contributed by atoms with Crippen molar-refractivity contribution in [3.05, 3.63) is 92.7 Å². The van der Waals surface area contributed by atoms with Crippen molar-refractivity contribution >= 4 is 33.6 Å². The van der Waals surface area contributed by atoms with Crippen LogP contribution < -0.4 is 14.8 Å². The summed E-state index contributed by atoms with van der Waals surface area (Å²) in [6.07, 6.45) is 1.48. The van der Waals surface area contributed by atoms with Gasteiger partial charge in [0.15, 0.2) is 11.5 Å². The standard InChI is InChI=1S/C27H24BrFN2O3/c1-4-33-25-14-19(13-22(28)26(25)34-16-20-7-5-6-8-23(20)29)12-21(15-30)27(32)31-24-10-9-17(2)11-18(24)3/h5-14H,4,16H2,1-3H3,(H,31,32)/b21-12+. The van der Waals surface area contributed by atoms with Gasteiger partial charge in [0.05, 0.1) is 11.1 Å². The molecule has 34 heavy (non-hydrogen) atoms. The molecule has 0 aromatic heterocycles. The number of carbonyl (C=O) groups excluding carboxylic acids is 1. The Balaban J connectivity index is 1.86. The fraction of sp³-hybridized carbons (Fsp3) is 0.185. The summed E-state index contributed by atoms with van der Waals surface area (Å²) in [4.78, 5) is 12.7. The predicted octanol–water partition coefficient (Wildman–Crippen LogP) is 6.73. The van der Waals surface area contributed by atoms with E-state index in [1.165, 1.54) is 12.1 Å². The van der Waals surface area contributed by atoms with Gasteiger partial charge >= 0.3 is 0 Å². The number of aryl methyl sites for hydroxylation is 2. The zero-order chi connectivity index (χ0) is 24.7. The smallest absolute Gasteiger partial charge is 0.266 e. The third-order valence-electron chi connectivity index (χ3n) is 4.97. The molecule has 0 aliphatic rings. The Morgan fingerprint density at radius 2 is 1.91 bits per heavy atom. The van der Waals surface area contributed by atoms with Crippen molar-refractivity contribution in [1.29, 1.82) is 5.26 Å². The lowest BCUT2D eigenvalue weighted by molar-refractivity contribution is -0.112. The Labute approximate surface area is 207 Å². The second-order valence-electron chi connectivity index (χ2n) is 7.59. The van der Waals surface area contributed by atoms with E-state index in [4.69, 9.17) is 9.47 Å². The monoisotopic (exact) mass is 522 g/mol. The van der Waals surface area contributed by atoms with Crippen LogP contribution in [-0.4, -0.2) is 12.5 Å². The molecule has 0 saturated heterocycles. The van der Waals surface area contributed by atoms with Crippen molar-refractivity contribution in [3.8, 4) is 17.6 Å². The molecular formula is C27H24BrFN2O3. The van der Waals surface area contributed by atoms with Gasteiger partial charge in [0.25, 0.3) is 5.91 Å². The lowest BCUT2D eigenvalue weighted by Crippen LogP contribution is -2.14. The molecule has 3 aromatic carbocycles. The van der Waals surface area contributed by atoms with Gasteiger partial charge in [-0.3, -0.25) is 4.79 Å². The first kappa shape index (κ1) is 25.0. The van der Waals surface area contributed by atoms with Gasteiger partial charge in [0.1, 0.15) is 24.1 Å². The van der Waals surface area contributed by atoms with E-state index in [0.29, 0.717) is 39.4 Å². The van der Waals surface area contributed by atoms with Crippen molar-refractivity contribution < 1.29 is 18.7 Å². The lowest BCUT2D eigenvalue weighted by Gasteiger charge is -2.15. The number of halogens is 2. The van der Waals surface area contributed by atoms with Crippen LogP contribution in [0.15, 0.2) is 64.6 Å². The number of amides is 1.